The SMILES string of the molecule is CC(C)OC(=O)CNC(=O)c1cc(C2CC2)nc2onc(CC(C)(C)C)c12. The van der Waals surface area contributed by atoms with Crippen LogP contribution in [0.25, 0.3) is 11.1 Å². The number of carbonyl (C=O) groups is 2. The molecule has 1 fully saturated rings. The van der Waals surface area contributed by atoms with Gasteiger partial charge in [-0.1, -0.05) is 25.9 Å². The van der Waals surface area contributed by atoms with Crippen molar-refractivity contribution in [3.8, 4) is 0 Å². The minimum Gasteiger partial charge on any atom is -0.462 e. The van der Waals surface area contributed by atoms with Crippen LogP contribution in [0.15, 0.2) is 10.6 Å². The van der Waals surface area contributed by atoms with E-state index in [-0.39, 0.29) is 24.0 Å². The Labute approximate surface area is 158 Å². The second-order valence-corrected chi connectivity index (χ2v) is 8.64. The summed E-state index contributed by atoms with van der Waals surface area (Å²) in [6, 6.07) is 1.81. The second kappa shape index (κ2) is 7.29. The average Bonchev–Trinajstić information content (AvgIpc) is 3.33. The van der Waals surface area contributed by atoms with Crippen LogP contribution in [-0.4, -0.2) is 34.7 Å². The first kappa shape index (κ1) is 19.3. The Bertz CT molecular complexity index is 860. The van der Waals surface area contributed by atoms with Crippen molar-refractivity contribution in [1.82, 2.24) is 15.5 Å². The van der Waals surface area contributed by atoms with Crippen molar-refractivity contribution < 1.29 is 18.8 Å². The van der Waals surface area contributed by atoms with E-state index in [9.17, 15) is 9.59 Å². The fraction of sp³-hybridized carbons (Fsp3) is 0.600. The first-order valence-electron chi connectivity index (χ1n) is 9.41. The number of nitrogens with one attached hydrogen (secondary N) is 1. The zero-order valence-corrected chi connectivity index (χ0v) is 16.6. The summed E-state index contributed by atoms with van der Waals surface area (Å²) in [7, 11) is 0. The molecule has 2 aromatic rings. The predicted octanol–water partition coefficient (Wildman–Crippen LogP) is 3.37. The van der Waals surface area contributed by atoms with Gasteiger partial charge < -0.3 is 14.6 Å². The van der Waals surface area contributed by atoms with E-state index < -0.39 is 5.97 Å². The minimum atomic E-state index is -0.466. The lowest BCUT2D eigenvalue weighted by atomic mass is 9.89. The molecule has 0 saturated heterocycles. The van der Waals surface area contributed by atoms with E-state index in [0.717, 1.165) is 18.5 Å². The van der Waals surface area contributed by atoms with Crippen LogP contribution >= 0.6 is 0 Å². The monoisotopic (exact) mass is 373 g/mol. The molecule has 3 rings (SSSR count). The van der Waals surface area contributed by atoms with Gasteiger partial charge >= 0.3 is 5.97 Å². The van der Waals surface area contributed by atoms with Gasteiger partial charge in [0.15, 0.2) is 0 Å². The Balaban J connectivity index is 1.92. The Kier molecular flexibility index (Phi) is 5.22. The van der Waals surface area contributed by atoms with Crippen LogP contribution in [0.3, 0.4) is 0 Å². The Morgan fingerprint density at radius 2 is 2.04 bits per heavy atom. The van der Waals surface area contributed by atoms with Crippen LogP contribution in [-0.2, 0) is 16.0 Å². The molecular formula is C20H27N3O4. The number of hydrogen-bond donors (Lipinski definition) is 1. The summed E-state index contributed by atoms with van der Waals surface area (Å²) in [6.45, 7) is 9.65. The zero-order chi connectivity index (χ0) is 19.8. The molecule has 2 aromatic heterocycles. The standard InChI is InChI=1S/C20H27N3O4/c1-11(2)26-16(24)10-21-18(25)13-8-14(12-6-7-12)22-19-17(13)15(23-27-19)9-20(3,4)5/h8,11-12H,6-7,9-10H2,1-5H3,(H,21,25). The highest BCUT2D eigenvalue weighted by Crippen LogP contribution is 2.40. The third kappa shape index (κ3) is 4.84. The summed E-state index contributed by atoms with van der Waals surface area (Å²) >= 11 is 0. The summed E-state index contributed by atoms with van der Waals surface area (Å²) in [6.07, 6.45) is 2.55. The molecule has 27 heavy (non-hydrogen) atoms. The topological polar surface area (TPSA) is 94.3 Å². The van der Waals surface area contributed by atoms with Crippen molar-refractivity contribution in [2.45, 2.75) is 65.9 Å². The van der Waals surface area contributed by atoms with Crippen LogP contribution < -0.4 is 5.32 Å². The molecule has 1 N–H and O–H groups in total. The molecule has 146 valence electrons. The van der Waals surface area contributed by atoms with E-state index in [0.29, 0.717) is 34.7 Å². The fourth-order valence-corrected chi connectivity index (χ4v) is 2.97. The molecular weight excluding hydrogens is 346 g/mol. The molecule has 0 spiro atoms. The van der Waals surface area contributed by atoms with Gasteiger partial charge in [-0.25, -0.2) is 4.98 Å². The largest absolute Gasteiger partial charge is 0.462 e. The molecule has 7 heteroatoms. The smallest absolute Gasteiger partial charge is 0.325 e. The molecule has 0 aliphatic heterocycles. The molecule has 2 heterocycles. The van der Waals surface area contributed by atoms with Crippen molar-refractivity contribution in [2.24, 2.45) is 5.41 Å². The van der Waals surface area contributed by atoms with Gasteiger partial charge in [0.05, 0.1) is 22.7 Å². The van der Waals surface area contributed by atoms with Crippen LogP contribution in [0.5, 0.6) is 0 Å². The first-order valence-corrected chi connectivity index (χ1v) is 9.41. The van der Waals surface area contributed by atoms with Gasteiger partial charge in [0.2, 0.25) is 0 Å². The van der Waals surface area contributed by atoms with Gasteiger partial charge in [0.1, 0.15) is 6.54 Å². The van der Waals surface area contributed by atoms with E-state index in [1.807, 2.05) is 6.07 Å². The fourth-order valence-electron chi connectivity index (χ4n) is 2.97. The highest BCUT2D eigenvalue weighted by atomic mass is 16.5. The number of rotatable bonds is 6. The first-order chi connectivity index (χ1) is 12.6. The van der Waals surface area contributed by atoms with Gasteiger partial charge in [-0.05, 0) is 44.6 Å². The molecule has 1 amide bonds. The summed E-state index contributed by atoms with van der Waals surface area (Å²) in [5.74, 6) is -0.447. The number of hydrogen-bond acceptors (Lipinski definition) is 6. The van der Waals surface area contributed by atoms with Gasteiger partial charge in [0, 0.05) is 11.6 Å². The predicted molar refractivity (Wildman–Crippen MR) is 100 cm³/mol. The number of esters is 1. The molecule has 1 aliphatic carbocycles. The normalized spacial score (nSPS) is 14.6. The number of pyridine rings is 1. The maximum atomic E-state index is 12.8. The number of ether oxygens (including phenoxy) is 1. The highest BCUT2D eigenvalue weighted by molar-refractivity contribution is 6.06. The van der Waals surface area contributed by atoms with Gasteiger partial charge in [-0.15, -0.1) is 0 Å². The van der Waals surface area contributed by atoms with Crippen LogP contribution in [0.4, 0.5) is 0 Å². The molecule has 0 radical (unpaired) electrons. The van der Waals surface area contributed by atoms with E-state index in [1.54, 1.807) is 13.8 Å². The lowest BCUT2D eigenvalue weighted by Gasteiger charge is -2.16. The lowest BCUT2D eigenvalue weighted by Crippen LogP contribution is -2.32. The van der Waals surface area contributed by atoms with Crippen LogP contribution in [0.1, 0.15) is 75.1 Å². The van der Waals surface area contributed by atoms with Crippen LogP contribution in [0.2, 0.25) is 0 Å². The number of fused-ring (bicyclic) bond motifs is 1. The number of aromatic nitrogens is 2. The van der Waals surface area contributed by atoms with Gasteiger partial charge in [-0.3, -0.25) is 9.59 Å². The van der Waals surface area contributed by atoms with Crippen molar-refractivity contribution in [2.75, 3.05) is 6.54 Å². The Hall–Kier alpha value is -2.44. The molecule has 0 bridgehead atoms. The van der Waals surface area contributed by atoms with E-state index >= 15 is 0 Å². The third-order valence-corrected chi connectivity index (χ3v) is 4.24. The molecule has 7 nitrogen and oxygen atoms in total. The van der Waals surface area contributed by atoms with Crippen molar-refractivity contribution in [3.05, 3.63) is 23.0 Å². The van der Waals surface area contributed by atoms with E-state index in [2.05, 4.69) is 36.2 Å². The summed E-state index contributed by atoms with van der Waals surface area (Å²) in [4.78, 5) is 29.2. The van der Waals surface area contributed by atoms with E-state index in [1.165, 1.54) is 0 Å². The third-order valence-electron chi connectivity index (χ3n) is 4.24. The molecule has 1 saturated carbocycles. The zero-order valence-electron chi connectivity index (χ0n) is 16.6. The van der Waals surface area contributed by atoms with Gasteiger partial charge in [0.25, 0.3) is 11.6 Å². The van der Waals surface area contributed by atoms with Gasteiger partial charge in [-0.2, -0.15) is 0 Å². The number of amides is 1. The lowest BCUT2D eigenvalue weighted by molar-refractivity contribution is -0.146. The Morgan fingerprint density at radius 3 is 2.63 bits per heavy atom. The van der Waals surface area contributed by atoms with Crippen molar-refractivity contribution in [3.63, 3.8) is 0 Å². The summed E-state index contributed by atoms with van der Waals surface area (Å²) in [5.41, 5.74) is 2.37. The van der Waals surface area contributed by atoms with Crippen molar-refractivity contribution in [1.29, 1.82) is 0 Å². The summed E-state index contributed by atoms with van der Waals surface area (Å²) < 4.78 is 10.5. The van der Waals surface area contributed by atoms with E-state index in [4.69, 9.17) is 9.26 Å². The second-order valence-electron chi connectivity index (χ2n) is 8.64. The number of nitrogens with zero attached hydrogens (tertiary/aromatic N) is 2. The minimum absolute atomic E-state index is 0.0201. The molecule has 1 aliphatic rings. The maximum Gasteiger partial charge on any atom is 0.325 e. The Morgan fingerprint density at radius 1 is 1.33 bits per heavy atom. The van der Waals surface area contributed by atoms with Crippen molar-refractivity contribution >= 4 is 23.0 Å². The van der Waals surface area contributed by atoms with Crippen LogP contribution in [0, 0.1) is 5.41 Å². The number of carbonyl (C=O) groups excluding carboxylic acids is 2. The summed E-state index contributed by atoms with van der Waals surface area (Å²) in [5, 5.41) is 7.45. The quantitative estimate of drug-likeness (QED) is 0.780. The molecule has 0 unspecified atom stereocenters. The molecule has 0 atom stereocenters. The highest BCUT2D eigenvalue weighted by Gasteiger charge is 2.30. The average molecular weight is 373 g/mol. The maximum absolute atomic E-state index is 12.8. The molecule has 0 aromatic carbocycles.